The van der Waals surface area contributed by atoms with Crippen LogP contribution in [0.4, 0.5) is 10.1 Å². The molecule has 0 bridgehead atoms. The minimum Gasteiger partial charge on any atom is -0.466 e. The van der Waals surface area contributed by atoms with Gasteiger partial charge < -0.3 is 4.74 Å². The van der Waals surface area contributed by atoms with E-state index in [1.807, 2.05) is 4.90 Å². The molecule has 2 unspecified atom stereocenters. The molecule has 2 aliphatic heterocycles. The highest BCUT2D eigenvalue weighted by Crippen LogP contribution is 2.29. The van der Waals surface area contributed by atoms with Crippen LogP contribution >= 0.6 is 0 Å². The van der Waals surface area contributed by atoms with Gasteiger partial charge in [-0.3, -0.25) is 19.3 Å². The van der Waals surface area contributed by atoms with Crippen molar-refractivity contribution in [1.29, 1.82) is 0 Å². The average Bonchev–Trinajstić information content (AvgIpc) is 2.90. The molecule has 2 heterocycles. The molecule has 2 fully saturated rings. The first-order valence-electron chi connectivity index (χ1n) is 8.54. The van der Waals surface area contributed by atoms with Gasteiger partial charge in [0.2, 0.25) is 5.91 Å². The van der Waals surface area contributed by atoms with Crippen molar-refractivity contribution in [2.75, 3.05) is 24.6 Å². The highest BCUT2D eigenvalue weighted by Gasteiger charge is 2.44. The fraction of sp³-hybridized carbons (Fsp3) is 0.500. The van der Waals surface area contributed by atoms with E-state index in [1.165, 1.54) is 18.2 Å². The van der Waals surface area contributed by atoms with Crippen LogP contribution in [0.15, 0.2) is 24.3 Å². The van der Waals surface area contributed by atoms with Gasteiger partial charge in [0.1, 0.15) is 5.82 Å². The van der Waals surface area contributed by atoms with Crippen LogP contribution < -0.4 is 4.90 Å². The lowest BCUT2D eigenvalue weighted by atomic mass is 9.96. The number of amides is 2. The largest absolute Gasteiger partial charge is 0.466 e. The number of piperidine rings is 1. The summed E-state index contributed by atoms with van der Waals surface area (Å²) in [6, 6.07) is 4.85. The van der Waals surface area contributed by atoms with E-state index in [4.69, 9.17) is 4.74 Å². The second-order valence-electron chi connectivity index (χ2n) is 6.35. The van der Waals surface area contributed by atoms with Gasteiger partial charge in [-0.25, -0.2) is 9.29 Å². The van der Waals surface area contributed by atoms with E-state index < -0.39 is 11.9 Å². The van der Waals surface area contributed by atoms with Gasteiger partial charge in [-0.05, 0) is 44.5 Å². The van der Waals surface area contributed by atoms with Gasteiger partial charge in [-0.1, -0.05) is 6.07 Å². The number of likely N-dealkylation sites (tertiary alicyclic amines) is 1. The van der Waals surface area contributed by atoms with Gasteiger partial charge in [-0.15, -0.1) is 0 Å². The smallest absolute Gasteiger partial charge is 0.310 e. The Morgan fingerprint density at radius 3 is 2.88 bits per heavy atom. The molecule has 2 amide bonds. The van der Waals surface area contributed by atoms with E-state index in [2.05, 4.69) is 0 Å². The van der Waals surface area contributed by atoms with E-state index in [9.17, 15) is 18.8 Å². The van der Waals surface area contributed by atoms with Crippen LogP contribution in [-0.2, 0) is 19.1 Å². The summed E-state index contributed by atoms with van der Waals surface area (Å²) in [7, 11) is 0. The molecule has 0 N–H and O–H groups in total. The zero-order valence-corrected chi connectivity index (χ0v) is 14.1. The standard InChI is InChI=1S/C18H21FN2O4/c1-2-25-18(24)12-5-4-8-20(11-12)15-10-16(22)21(17(15)23)14-7-3-6-13(19)9-14/h3,6-7,9,12,15H,2,4-5,8,10-11H2,1H3. The maximum atomic E-state index is 13.4. The Kier molecular flexibility index (Phi) is 5.13. The van der Waals surface area contributed by atoms with Crippen LogP contribution in [0, 0.1) is 11.7 Å². The number of carbonyl (C=O) groups excluding carboxylic acids is 3. The fourth-order valence-corrected chi connectivity index (χ4v) is 3.53. The van der Waals surface area contributed by atoms with Gasteiger partial charge in [0.25, 0.3) is 5.91 Å². The SMILES string of the molecule is CCOC(=O)C1CCCN(C2CC(=O)N(c3cccc(F)c3)C2=O)C1. The number of hydrogen-bond donors (Lipinski definition) is 0. The molecule has 0 radical (unpaired) electrons. The molecule has 6 nitrogen and oxygen atoms in total. The predicted molar refractivity (Wildman–Crippen MR) is 88.2 cm³/mol. The number of imide groups is 1. The number of rotatable bonds is 4. The first-order chi connectivity index (χ1) is 12.0. The maximum absolute atomic E-state index is 13.4. The van der Waals surface area contributed by atoms with Crippen molar-refractivity contribution in [2.45, 2.75) is 32.2 Å². The summed E-state index contributed by atoms with van der Waals surface area (Å²) >= 11 is 0. The zero-order valence-electron chi connectivity index (χ0n) is 14.1. The average molecular weight is 348 g/mol. The van der Waals surface area contributed by atoms with Crippen molar-refractivity contribution in [3.63, 3.8) is 0 Å². The van der Waals surface area contributed by atoms with Crippen molar-refractivity contribution in [3.05, 3.63) is 30.1 Å². The number of halogens is 1. The van der Waals surface area contributed by atoms with E-state index >= 15 is 0 Å². The Morgan fingerprint density at radius 2 is 2.16 bits per heavy atom. The minimum absolute atomic E-state index is 0.0465. The van der Waals surface area contributed by atoms with Crippen molar-refractivity contribution in [2.24, 2.45) is 5.92 Å². The summed E-state index contributed by atoms with van der Waals surface area (Å²) in [6.07, 6.45) is 1.53. The van der Waals surface area contributed by atoms with Gasteiger partial charge >= 0.3 is 5.97 Å². The third-order valence-electron chi connectivity index (χ3n) is 4.70. The first kappa shape index (κ1) is 17.5. The molecule has 25 heavy (non-hydrogen) atoms. The van der Waals surface area contributed by atoms with Gasteiger partial charge in [0, 0.05) is 6.54 Å². The molecule has 0 saturated carbocycles. The monoisotopic (exact) mass is 348 g/mol. The fourth-order valence-electron chi connectivity index (χ4n) is 3.53. The summed E-state index contributed by atoms with van der Waals surface area (Å²) in [6.45, 7) is 3.13. The van der Waals surface area contributed by atoms with Crippen LogP contribution in [0.1, 0.15) is 26.2 Å². The van der Waals surface area contributed by atoms with Gasteiger partial charge in [-0.2, -0.15) is 0 Å². The molecule has 1 aromatic carbocycles. The molecule has 0 aliphatic carbocycles. The van der Waals surface area contributed by atoms with Crippen molar-refractivity contribution < 1.29 is 23.5 Å². The summed E-state index contributed by atoms with van der Waals surface area (Å²) < 4.78 is 18.5. The highest BCUT2D eigenvalue weighted by atomic mass is 19.1. The van der Waals surface area contributed by atoms with Crippen molar-refractivity contribution >= 4 is 23.5 Å². The molecule has 7 heteroatoms. The first-order valence-corrected chi connectivity index (χ1v) is 8.54. The number of ether oxygens (including phenoxy) is 1. The molecule has 0 aromatic heterocycles. The Bertz CT molecular complexity index is 693. The molecule has 2 saturated heterocycles. The molecule has 0 spiro atoms. The Labute approximate surface area is 145 Å². The quantitative estimate of drug-likeness (QED) is 0.612. The van der Waals surface area contributed by atoms with E-state index in [-0.39, 0.29) is 35.8 Å². The second kappa shape index (κ2) is 7.31. The Balaban J connectivity index is 1.74. The lowest BCUT2D eigenvalue weighted by molar-refractivity contribution is -0.150. The van der Waals surface area contributed by atoms with Crippen LogP contribution in [-0.4, -0.2) is 48.4 Å². The second-order valence-corrected chi connectivity index (χ2v) is 6.35. The summed E-state index contributed by atoms with van der Waals surface area (Å²) in [5.41, 5.74) is 0.247. The predicted octanol–water partition coefficient (Wildman–Crippen LogP) is 1.73. The normalized spacial score (nSPS) is 24.6. The van der Waals surface area contributed by atoms with Gasteiger partial charge in [0.05, 0.1) is 30.7 Å². The molecule has 2 atom stereocenters. The lowest BCUT2D eigenvalue weighted by Gasteiger charge is -2.34. The van der Waals surface area contributed by atoms with Crippen molar-refractivity contribution in [1.82, 2.24) is 4.90 Å². The van der Waals surface area contributed by atoms with E-state index in [0.29, 0.717) is 19.7 Å². The lowest BCUT2D eigenvalue weighted by Crippen LogP contribution is -2.48. The van der Waals surface area contributed by atoms with Crippen LogP contribution in [0.5, 0.6) is 0 Å². The van der Waals surface area contributed by atoms with E-state index in [1.54, 1.807) is 13.0 Å². The third kappa shape index (κ3) is 3.56. The topological polar surface area (TPSA) is 66.9 Å². The molecule has 134 valence electrons. The van der Waals surface area contributed by atoms with Crippen molar-refractivity contribution in [3.8, 4) is 0 Å². The molecule has 2 aliphatic rings. The number of esters is 1. The molecular weight excluding hydrogens is 327 g/mol. The highest BCUT2D eigenvalue weighted by molar-refractivity contribution is 6.22. The Hall–Kier alpha value is -2.28. The molecular formula is C18H21FN2O4. The number of benzene rings is 1. The maximum Gasteiger partial charge on any atom is 0.310 e. The van der Waals surface area contributed by atoms with Gasteiger partial charge in [0.15, 0.2) is 0 Å². The molecule has 3 rings (SSSR count). The number of hydrogen-bond acceptors (Lipinski definition) is 5. The number of anilines is 1. The summed E-state index contributed by atoms with van der Waals surface area (Å²) in [5, 5.41) is 0. The third-order valence-corrected chi connectivity index (χ3v) is 4.70. The van der Waals surface area contributed by atoms with Crippen LogP contribution in [0.25, 0.3) is 0 Å². The minimum atomic E-state index is -0.604. The van der Waals surface area contributed by atoms with Crippen LogP contribution in [0.2, 0.25) is 0 Å². The number of carbonyl (C=O) groups is 3. The van der Waals surface area contributed by atoms with Crippen LogP contribution in [0.3, 0.4) is 0 Å². The summed E-state index contributed by atoms with van der Waals surface area (Å²) in [5.74, 6) is -1.74. The number of nitrogens with zero attached hydrogens (tertiary/aromatic N) is 2. The van der Waals surface area contributed by atoms with E-state index in [0.717, 1.165) is 17.7 Å². The Morgan fingerprint density at radius 1 is 1.36 bits per heavy atom. The zero-order chi connectivity index (χ0) is 18.0. The molecule has 1 aromatic rings. The summed E-state index contributed by atoms with van der Waals surface area (Å²) in [4.78, 5) is 40.0.